The SMILES string of the molecule is CC(C)c1nn(-c2ccc(C(F)(F)F)cn2)c(Cl)c1CCl. The monoisotopic (exact) mass is 337 g/mol. The van der Waals surface area contributed by atoms with Crippen LogP contribution in [0.15, 0.2) is 18.3 Å². The molecule has 0 radical (unpaired) electrons. The minimum Gasteiger partial charge on any atom is -0.236 e. The van der Waals surface area contributed by atoms with Crippen molar-refractivity contribution in [1.29, 1.82) is 0 Å². The molecule has 114 valence electrons. The zero-order valence-electron chi connectivity index (χ0n) is 11.2. The van der Waals surface area contributed by atoms with Crippen LogP contribution in [-0.4, -0.2) is 14.8 Å². The first-order chi connectivity index (χ1) is 9.75. The molecule has 0 unspecified atom stereocenters. The first-order valence-electron chi connectivity index (χ1n) is 6.12. The Bertz CT molecular complexity index is 633. The number of aromatic nitrogens is 3. The van der Waals surface area contributed by atoms with Crippen LogP contribution in [0.2, 0.25) is 5.15 Å². The lowest BCUT2D eigenvalue weighted by Crippen LogP contribution is -2.07. The molecule has 2 aromatic rings. The van der Waals surface area contributed by atoms with Crippen LogP contribution in [0.5, 0.6) is 0 Å². The van der Waals surface area contributed by atoms with Gasteiger partial charge >= 0.3 is 6.18 Å². The molecule has 0 spiro atoms. The second-order valence-electron chi connectivity index (χ2n) is 4.76. The van der Waals surface area contributed by atoms with E-state index in [0.717, 1.165) is 12.3 Å². The van der Waals surface area contributed by atoms with Gasteiger partial charge in [0.2, 0.25) is 0 Å². The molecular formula is C13H12Cl2F3N3. The largest absolute Gasteiger partial charge is 0.417 e. The van der Waals surface area contributed by atoms with Gasteiger partial charge < -0.3 is 0 Å². The van der Waals surface area contributed by atoms with E-state index in [2.05, 4.69) is 10.1 Å². The fourth-order valence-corrected chi connectivity index (χ4v) is 2.48. The van der Waals surface area contributed by atoms with Crippen molar-refractivity contribution in [1.82, 2.24) is 14.8 Å². The van der Waals surface area contributed by atoms with E-state index in [1.165, 1.54) is 10.7 Å². The second kappa shape index (κ2) is 5.85. The van der Waals surface area contributed by atoms with E-state index in [-0.39, 0.29) is 22.8 Å². The van der Waals surface area contributed by atoms with Crippen LogP contribution in [-0.2, 0) is 12.1 Å². The maximum Gasteiger partial charge on any atom is 0.417 e. The van der Waals surface area contributed by atoms with E-state index in [1.54, 1.807) is 0 Å². The summed E-state index contributed by atoms with van der Waals surface area (Å²) in [7, 11) is 0. The standard InChI is InChI=1S/C13H12Cl2F3N3/c1-7(2)11-9(5-14)12(15)21(20-11)10-4-3-8(6-19-10)13(16,17)18/h3-4,6-7H,5H2,1-2H3. The molecule has 0 aliphatic heterocycles. The summed E-state index contributed by atoms with van der Waals surface area (Å²) in [6.45, 7) is 3.86. The Labute approximate surface area is 129 Å². The number of rotatable bonds is 3. The summed E-state index contributed by atoms with van der Waals surface area (Å²) in [4.78, 5) is 3.78. The summed E-state index contributed by atoms with van der Waals surface area (Å²) in [6.07, 6.45) is -3.67. The Morgan fingerprint density at radius 2 is 1.95 bits per heavy atom. The number of pyridine rings is 1. The van der Waals surface area contributed by atoms with Gasteiger partial charge in [-0.2, -0.15) is 18.3 Å². The molecule has 2 rings (SSSR count). The topological polar surface area (TPSA) is 30.7 Å². The highest BCUT2D eigenvalue weighted by Gasteiger charge is 2.31. The van der Waals surface area contributed by atoms with Crippen molar-refractivity contribution in [2.75, 3.05) is 0 Å². The Morgan fingerprint density at radius 3 is 2.33 bits per heavy atom. The molecule has 0 bridgehead atoms. The highest BCUT2D eigenvalue weighted by molar-refractivity contribution is 6.31. The van der Waals surface area contributed by atoms with Gasteiger partial charge in [0.1, 0.15) is 5.15 Å². The Morgan fingerprint density at radius 1 is 1.29 bits per heavy atom. The Hall–Kier alpha value is -1.27. The number of hydrogen-bond acceptors (Lipinski definition) is 2. The molecule has 0 aliphatic rings. The van der Waals surface area contributed by atoms with Crippen LogP contribution < -0.4 is 0 Å². The van der Waals surface area contributed by atoms with Gasteiger partial charge in [-0.05, 0) is 18.1 Å². The summed E-state index contributed by atoms with van der Waals surface area (Å²) in [6, 6.07) is 2.17. The molecule has 2 aromatic heterocycles. The van der Waals surface area contributed by atoms with Gasteiger partial charge in [-0.3, -0.25) is 0 Å². The van der Waals surface area contributed by atoms with Gasteiger partial charge in [0.15, 0.2) is 5.82 Å². The van der Waals surface area contributed by atoms with E-state index >= 15 is 0 Å². The molecule has 0 N–H and O–H groups in total. The first-order valence-corrected chi connectivity index (χ1v) is 7.03. The third-order valence-corrected chi connectivity index (χ3v) is 3.58. The van der Waals surface area contributed by atoms with Gasteiger partial charge in [-0.25, -0.2) is 9.67 Å². The molecule has 0 saturated carbocycles. The summed E-state index contributed by atoms with van der Waals surface area (Å²) in [5, 5.41) is 4.56. The van der Waals surface area contributed by atoms with Crippen molar-refractivity contribution in [3.8, 4) is 5.82 Å². The van der Waals surface area contributed by atoms with Crippen LogP contribution in [0.4, 0.5) is 13.2 Å². The van der Waals surface area contributed by atoms with Crippen molar-refractivity contribution in [3.05, 3.63) is 40.3 Å². The molecule has 8 heteroatoms. The normalized spacial score (nSPS) is 12.2. The van der Waals surface area contributed by atoms with Crippen LogP contribution in [0.25, 0.3) is 5.82 Å². The number of alkyl halides is 4. The summed E-state index contributed by atoms with van der Waals surface area (Å²) in [5.41, 5.74) is 0.544. The minimum absolute atomic E-state index is 0.0898. The van der Waals surface area contributed by atoms with E-state index in [0.29, 0.717) is 11.3 Å². The molecule has 3 nitrogen and oxygen atoms in total. The highest BCUT2D eigenvalue weighted by Crippen LogP contribution is 2.31. The van der Waals surface area contributed by atoms with Gasteiger partial charge in [-0.1, -0.05) is 25.4 Å². The van der Waals surface area contributed by atoms with Gasteiger partial charge in [0.25, 0.3) is 0 Å². The van der Waals surface area contributed by atoms with Crippen molar-refractivity contribution >= 4 is 23.2 Å². The highest BCUT2D eigenvalue weighted by atomic mass is 35.5. The van der Waals surface area contributed by atoms with Crippen molar-refractivity contribution in [3.63, 3.8) is 0 Å². The zero-order chi connectivity index (χ0) is 15.8. The zero-order valence-corrected chi connectivity index (χ0v) is 12.8. The van der Waals surface area contributed by atoms with Crippen LogP contribution >= 0.6 is 23.2 Å². The molecule has 2 heterocycles. The van der Waals surface area contributed by atoms with Crippen molar-refractivity contribution < 1.29 is 13.2 Å². The molecule has 0 atom stereocenters. The third kappa shape index (κ3) is 3.16. The van der Waals surface area contributed by atoms with E-state index in [1.807, 2.05) is 13.8 Å². The fourth-order valence-electron chi connectivity index (χ4n) is 1.86. The predicted octanol–water partition coefficient (Wildman–Crippen LogP) is 4.80. The summed E-state index contributed by atoms with van der Waals surface area (Å²) >= 11 is 12.1. The number of halogens is 5. The molecule has 0 aliphatic carbocycles. The maximum absolute atomic E-state index is 12.5. The van der Waals surface area contributed by atoms with Crippen LogP contribution in [0.3, 0.4) is 0 Å². The van der Waals surface area contributed by atoms with Gasteiger partial charge in [0.05, 0.1) is 17.1 Å². The quantitative estimate of drug-likeness (QED) is 0.753. The van der Waals surface area contributed by atoms with Crippen molar-refractivity contribution in [2.24, 2.45) is 0 Å². The Balaban J connectivity index is 2.47. The number of hydrogen-bond donors (Lipinski definition) is 0. The first kappa shape index (κ1) is 16.1. The minimum atomic E-state index is -4.43. The fraction of sp³-hybridized carbons (Fsp3) is 0.385. The van der Waals surface area contributed by atoms with E-state index < -0.39 is 11.7 Å². The lowest BCUT2D eigenvalue weighted by molar-refractivity contribution is -0.137. The van der Waals surface area contributed by atoms with E-state index in [9.17, 15) is 13.2 Å². The molecule has 21 heavy (non-hydrogen) atoms. The van der Waals surface area contributed by atoms with Crippen LogP contribution in [0.1, 0.15) is 36.6 Å². The molecule has 0 saturated heterocycles. The summed E-state index contributed by atoms with van der Waals surface area (Å²) < 4.78 is 38.9. The smallest absolute Gasteiger partial charge is 0.236 e. The number of nitrogens with zero attached hydrogens (tertiary/aromatic N) is 3. The predicted molar refractivity (Wildman–Crippen MR) is 75.0 cm³/mol. The van der Waals surface area contributed by atoms with E-state index in [4.69, 9.17) is 23.2 Å². The maximum atomic E-state index is 12.5. The molecule has 0 amide bonds. The molecular weight excluding hydrogens is 326 g/mol. The average Bonchev–Trinajstić information content (AvgIpc) is 2.75. The second-order valence-corrected chi connectivity index (χ2v) is 5.38. The van der Waals surface area contributed by atoms with Crippen LogP contribution in [0, 0.1) is 0 Å². The lowest BCUT2D eigenvalue weighted by Gasteiger charge is -2.07. The Kier molecular flexibility index (Phi) is 4.49. The third-order valence-electron chi connectivity index (χ3n) is 2.92. The van der Waals surface area contributed by atoms with Gasteiger partial charge in [0, 0.05) is 11.8 Å². The van der Waals surface area contributed by atoms with Crippen molar-refractivity contribution in [2.45, 2.75) is 31.8 Å². The molecule has 0 aromatic carbocycles. The molecule has 0 fully saturated rings. The lowest BCUT2D eigenvalue weighted by atomic mass is 10.1. The summed E-state index contributed by atoms with van der Waals surface area (Å²) in [5.74, 6) is 0.477. The average molecular weight is 338 g/mol. The van der Waals surface area contributed by atoms with Gasteiger partial charge in [-0.15, -0.1) is 11.6 Å².